The summed E-state index contributed by atoms with van der Waals surface area (Å²) in [5, 5.41) is 0. The van der Waals surface area contributed by atoms with Crippen LogP contribution in [0.4, 0.5) is 0 Å². The topological polar surface area (TPSA) is 29.3 Å². The predicted molar refractivity (Wildman–Crippen MR) is 72.9 cm³/mol. The Kier molecular flexibility index (Phi) is 4.19. The number of benzene rings is 1. The third-order valence-corrected chi connectivity index (χ3v) is 3.68. The Balaban J connectivity index is 2.01. The van der Waals surface area contributed by atoms with Crippen LogP contribution in [0.3, 0.4) is 0 Å². The number of hydrogen-bond donors (Lipinski definition) is 1. The maximum absolute atomic E-state index is 6.48. The molecule has 1 aliphatic rings. The first-order valence-electron chi connectivity index (χ1n) is 6.75. The van der Waals surface area contributed by atoms with Crippen LogP contribution in [0.2, 0.25) is 0 Å². The molecule has 1 fully saturated rings. The quantitative estimate of drug-likeness (QED) is 0.868. The Bertz CT molecular complexity index is 324. The van der Waals surface area contributed by atoms with Gasteiger partial charge in [0.05, 0.1) is 5.54 Å². The molecular weight excluding hydrogens is 208 g/mol. The summed E-state index contributed by atoms with van der Waals surface area (Å²) in [6, 6.07) is 10.5. The van der Waals surface area contributed by atoms with E-state index in [1.54, 1.807) is 0 Å². The maximum atomic E-state index is 6.48. The van der Waals surface area contributed by atoms with Crippen molar-refractivity contribution in [3.8, 4) is 0 Å². The highest BCUT2D eigenvalue weighted by Crippen LogP contribution is 2.20. The highest BCUT2D eigenvalue weighted by atomic mass is 15.1. The molecule has 1 aromatic rings. The molecule has 0 aliphatic carbocycles. The zero-order chi connectivity index (χ0) is 12.1. The lowest BCUT2D eigenvalue weighted by Crippen LogP contribution is -2.45. The highest BCUT2D eigenvalue weighted by Gasteiger charge is 2.24. The van der Waals surface area contributed by atoms with Gasteiger partial charge in [0.1, 0.15) is 0 Å². The Morgan fingerprint density at radius 3 is 2.24 bits per heavy atom. The summed E-state index contributed by atoms with van der Waals surface area (Å²) in [7, 11) is 0. The van der Waals surface area contributed by atoms with Crippen molar-refractivity contribution in [2.45, 2.75) is 38.1 Å². The monoisotopic (exact) mass is 232 g/mol. The molecule has 0 aromatic heterocycles. The zero-order valence-electron chi connectivity index (χ0n) is 10.9. The summed E-state index contributed by atoms with van der Waals surface area (Å²) < 4.78 is 0. The van der Waals surface area contributed by atoms with Crippen molar-refractivity contribution >= 4 is 0 Å². The van der Waals surface area contributed by atoms with E-state index in [0.29, 0.717) is 0 Å². The van der Waals surface area contributed by atoms with Gasteiger partial charge < -0.3 is 10.6 Å². The summed E-state index contributed by atoms with van der Waals surface area (Å²) in [4.78, 5) is 2.53. The molecular formula is C15H24N2. The molecule has 94 valence electrons. The average molecular weight is 232 g/mol. The molecule has 0 saturated carbocycles. The zero-order valence-corrected chi connectivity index (χ0v) is 10.9. The van der Waals surface area contributed by atoms with Crippen LogP contribution in [0.15, 0.2) is 30.3 Å². The lowest BCUT2D eigenvalue weighted by atomic mass is 9.92. The Morgan fingerprint density at radius 1 is 1.06 bits per heavy atom. The summed E-state index contributed by atoms with van der Waals surface area (Å²) >= 11 is 0. The van der Waals surface area contributed by atoms with E-state index in [2.05, 4.69) is 36.1 Å². The van der Waals surface area contributed by atoms with E-state index in [1.165, 1.54) is 44.3 Å². The van der Waals surface area contributed by atoms with Gasteiger partial charge in [0.15, 0.2) is 0 Å². The molecule has 17 heavy (non-hydrogen) atoms. The standard InChI is InChI=1S/C15H24N2/c1-15(16,14-9-5-4-6-10-14)13-17-11-7-2-3-8-12-17/h4-6,9-10H,2-3,7-8,11-13,16H2,1H3. The average Bonchev–Trinajstić information content (AvgIpc) is 2.58. The molecule has 1 aliphatic heterocycles. The molecule has 1 unspecified atom stereocenters. The van der Waals surface area contributed by atoms with Crippen LogP contribution in [-0.2, 0) is 5.54 Å². The molecule has 1 heterocycles. The van der Waals surface area contributed by atoms with Gasteiger partial charge in [-0.15, -0.1) is 0 Å². The van der Waals surface area contributed by atoms with Crippen LogP contribution >= 0.6 is 0 Å². The molecule has 0 spiro atoms. The lowest BCUT2D eigenvalue weighted by Gasteiger charge is -2.32. The van der Waals surface area contributed by atoms with E-state index in [1.807, 2.05) is 6.07 Å². The Hall–Kier alpha value is -0.860. The lowest BCUT2D eigenvalue weighted by molar-refractivity contribution is 0.225. The first-order chi connectivity index (χ1) is 8.18. The number of likely N-dealkylation sites (tertiary alicyclic amines) is 1. The minimum atomic E-state index is -0.231. The van der Waals surface area contributed by atoms with Crippen LogP contribution in [0.1, 0.15) is 38.2 Å². The number of rotatable bonds is 3. The fraction of sp³-hybridized carbons (Fsp3) is 0.600. The molecule has 2 nitrogen and oxygen atoms in total. The van der Waals surface area contributed by atoms with Gasteiger partial charge in [0.2, 0.25) is 0 Å². The van der Waals surface area contributed by atoms with Gasteiger partial charge in [-0.2, -0.15) is 0 Å². The second kappa shape index (κ2) is 5.65. The number of nitrogens with two attached hydrogens (primary N) is 1. The van der Waals surface area contributed by atoms with E-state index < -0.39 is 0 Å². The van der Waals surface area contributed by atoms with Crippen molar-refractivity contribution in [1.29, 1.82) is 0 Å². The molecule has 1 aromatic carbocycles. The number of nitrogens with zero attached hydrogens (tertiary/aromatic N) is 1. The van der Waals surface area contributed by atoms with E-state index in [0.717, 1.165) is 6.54 Å². The molecule has 1 saturated heterocycles. The van der Waals surface area contributed by atoms with Gasteiger partial charge in [-0.3, -0.25) is 0 Å². The van der Waals surface area contributed by atoms with E-state index in [4.69, 9.17) is 5.73 Å². The van der Waals surface area contributed by atoms with Gasteiger partial charge in [-0.05, 0) is 38.4 Å². The van der Waals surface area contributed by atoms with E-state index in [9.17, 15) is 0 Å². The molecule has 1 atom stereocenters. The van der Waals surface area contributed by atoms with Crippen LogP contribution in [-0.4, -0.2) is 24.5 Å². The fourth-order valence-electron chi connectivity index (χ4n) is 2.67. The van der Waals surface area contributed by atoms with Crippen molar-refractivity contribution in [3.05, 3.63) is 35.9 Å². The summed E-state index contributed by atoms with van der Waals surface area (Å²) in [6.45, 7) is 5.53. The van der Waals surface area contributed by atoms with Crippen molar-refractivity contribution in [1.82, 2.24) is 4.90 Å². The maximum Gasteiger partial charge on any atom is 0.0509 e. The van der Waals surface area contributed by atoms with E-state index >= 15 is 0 Å². The Labute approximate surface area is 105 Å². The van der Waals surface area contributed by atoms with Gasteiger partial charge in [0.25, 0.3) is 0 Å². The molecule has 0 radical (unpaired) electrons. The van der Waals surface area contributed by atoms with Crippen molar-refractivity contribution in [3.63, 3.8) is 0 Å². The molecule has 0 bridgehead atoms. The smallest absolute Gasteiger partial charge is 0.0509 e. The Morgan fingerprint density at radius 2 is 1.65 bits per heavy atom. The fourth-order valence-corrected chi connectivity index (χ4v) is 2.67. The summed E-state index contributed by atoms with van der Waals surface area (Å²) in [6.07, 6.45) is 5.40. The summed E-state index contributed by atoms with van der Waals surface area (Å²) in [5.74, 6) is 0. The second-order valence-corrected chi connectivity index (χ2v) is 5.47. The van der Waals surface area contributed by atoms with Crippen LogP contribution in [0.25, 0.3) is 0 Å². The van der Waals surface area contributed by atoms with Gasteiger partial charge in [-0.1, -0.05) is 43.2 Å². The van der Waals surface area contributed by atoms with Crippen LogP contribution < -0.4 is 5.73 Å². The normalized spacial score (nSPS) is 21.8. The molecule has 2 rings (SSSR count). The first-order valence-corrected chi connectivity index (χ1v) is 6.75. The van der Waals surface area contributed by atoms with Gasteiger partial charge in [-0.25, -0.2) is 0 Å². The van der Waals surface area contributed by atoms with Crippen molar-refractivity contribution in [2.75, 3.05) is 19.6 Å². The van der Waals surface area contributed by atoms with Gasteiger partial charge >= 0.3 is 0 Å². The third-order valence-electron chi connectivity index (χ3n) is 3.68. The molecule has 0 amide bonds. The van der Waals surface area contributed by atoms with Crippen LogP contribution in [0.5, 0.6) is 0 Å². The van der Waals surface area contributed by atoms with Crippen molar-refractivity contribution < 1.29 is 0 Å². The minimum Gasteiger partial charge on any atom is -0.321 e. The molecule has 2 heteroatoms. The first kappa shape index (κ1) is 12.6. The SMILES string of the molecule is CC(N)(CN1CCCCCC1)c1ccccc1. The minimum absolute atomic E-state index is 0.231. The van der Waals surface area contributed by atoms with E-state index in [-0.39, 0.29) is 5.54 Å². The largest absolute Gasteiger partial charge is 0.321 e. The van der Waals surface area contributed by atoms with Crippen LogP contribution in [0, 0.1) is 0 Å². The predicted octanol–water partition coefficient (Wildman–Crippen LogP) is 2.74. The summed E-state index contributed by atoms with van der Waals surface area (Å²) in [5.41, 5.74) is 7.49. The molecule has 2 N–H and O–H groups in total. The third kappa shape index (κ3) is 3.55. The second-order valence-electron chi connectivity index (χ2n) is 5.47. The highest BCUT2D eigenvalue weighted by molar-refractivity contribution is 5.23. The van der Waals surface area contributed by atoms with Gasteiger partial charge in [0, 0.05) is 6.54 Å². The van der Waals surface area contributed by atoms with Crippen molar-refractivity contribution in [2.24, 2.45) is 5.73 Å². The number of hydrogen-bond acceptors (Lipinski definition) is 2.